The molecule has 2 N–H and O–H groups in total. The first-order valence-corrected chi connectivity index (χ1v) is 14.2. The summed E-state index contributed by atoms with van der Waals surface area (Å²) in [6, 6.07) is 4.86. The Labute approximate surface area is 235 Å². The second kappa shape index (κ2) is 12.1. The van der Waals surface area contributed by atoms with Gasteiger partial charge in [0.15, 0.2) is 0 Å². The number of hydrogen-bond acceptors (Lipinski definition) is 10. The predicted octanol–water partition coefficient (Wildman–Crippen LogP) is 2.08. The van der Waals surface area contributed by atoms with E-state index in [1.54, 1.807) is 12.1 Å². The molecular weight excluding hydrogens is 587 g/mol. The van der Waals surface area contributed by atoms with Gasteiger partial charge in [-0.15, -0.1) is 11.8 Å². The predicted molar refractivity (Wildman–Crippen MR) is 151 cm³/mol. The van der Waals surface area contributed by atoms with Crippen molar-refractivity contribution in [2.45, 2.75) is 43.7 Å². The van der Waals surface area contributed by atoms with Crippen LogP contribution in [0.3, 0.4) is 0 Å². The molecule has 0 aliphatic carbocycles. The standard InChI is InChI=1S/C23H28N3O9P3S/c1-9-16-15(10(2)27)20(29)26(16)17(22(31)34-37)18(9)39-13-7-14(25(8-13)23(32)35-38)19(28)24-12-5-3-4-11(6-12)21(30)33-36/h3-6,9-10,13-16,27H,7-8,36-38H2,1-2H3,(H,24,28)/t9-,10-,13+,14+,15-,16?/m1/s1. The summed E-state index contributed by atoms with van der Waals surface area (Å²) in [6.07, 6.45) is -1.39. The summed E-state index contributed by atoms with van der Waals surface area (Å²) in [5, 5.41) is 12.5. The van der Waals surface area contributed by atoms with Crippen LogP contribution in [-0.2, 0) is 28.0 Å². The number of carbonyl (C=O) groups excluding carboxylic acids is 5. The summed E-state index contributed by atoms with van der Waals surface area (Å²) >= 11 is 1.30. The molecule has 0 spiro atoms. The Morgan fingerprint density at radius 3 is 2.44 bits per heavy atom. The number of amides is 3. The first-order valence-electron chi connectivity index (χ1n) is 11.9. The minimum Gasteiger partial charge on any atom is -0.448 e. The SMILES string of the molecule is C[C@H]1C(S[C@H]2C[C@@H](C(=O)Nc3cccc(C(=O)OP)c3)N(C(=O)OP)C2)=C(C(=O)OP)N2C(=O)[C@H]([C@@H](C)O)C12. The highest BCUT2D eigenvalue weighted by Gasteiger charge is 2.60. The van der Waals surface area contributed by atoms with Gasteiger partial charge in [-0.2, -0.15) is 0 Å². The van der Waals surface area contributed by atoms with Crippen LogP contribution in [0.4, 0.5) is 10.5 Å². The highest BCUT2D eigenvalue weighted by Crippen LogP contribution is 2.52. The average Bonchev–Trinajstić information content (AvgIpc) is 3.45. The number of β-lactam (4-membered cyclic amide) rings is 1. The Bertz CT molecular complexity index is 1250. The van der Waals surface area contributed by atoms with E-state index in [4.69, 9.17) is 9.05 Å². The van der Waals surface area contributed by atoms with E-state index >= 15 is 0 Å². The van der Waals surface area contributed by atoms with Crippen LogP contribution < -0.4 is 5.32 Å². The Hall–Kier alpha value is -2.29. The monoisotopic (exact) mass is 615 g/mol. The topological polar surface area (TPSA) is 152 Å². The van der Waals surface area contributed by atoms with E-state index in [0.29, 0.717) is 10.6 Å². The molecule has 1 aromatic rings. The zero-order chi connectivity index (χ0) is 28.6. The maximum Gasteiger partial charge on any atom is 0.412 e. The van der Waals surface area contributed by atoms with Crippen LogP contribution in [0, 0.1) is 11.8 Å². The fourth-order valence-electron chi connectivity index (χ4n) is 5.32. The molecule has 210 valence electrons. The van der Waals surface area contributed by atoms with E-state index in [2.05, 4.69) is 9.84 Å². The summed E-state index contributed by atoms with van der Waals surface area (Å²) in [5.41, 5.74) is 0.683. The van der Waals surface area contributed by atoms with Gasteiger partial charge in [0.1, 0.15) is 11.7 Å². The summed E-state index contributed by atoms with van der Waals surface area (Å²) in [7, 11) is 5.62. The van der Waals surface area contributed by atoms with Crippen LogP contribution in [0.25, 0.3) is 0 Å². The first-order chi connectivity index (χ1) is 18.5. The zero-order valence-electron chi connectivity index (χ0n) is 20.9. The molecule has 12 nitrogen and oxygen atoms in total. The summed E-state index contributed by atoms with van der Waals surface area (Å²) in [6.45, 7) is 3.54. The maximum absolute atomic E-state index is 13.3. The molecule has 3 aliphatic rings. The second-order valence-corrected chi connectivity index (χ2v) is 11.4. The van der Waals surface area contributed by atoms with Gasteiger partial charge >= 0.3 is 18.0 Å². The number of fused-ring (bicyclic) bond motifs is 1. The second-order valence-electron chi connectivity index (χ2n) is 9.37. The Morgan fingerprint density at radius 1 is 1.13 bits per heavy atom. The molecule has 3 aliphatic heterocycles. The molecule has 0 aromatic heterocycles. The van der Waals surface area contributed by atoms with Gasteiger partial charge in [-0.3, -0.25) is 14.5 Å². The number of hydrogen-bond donors (Lipinski definition) is 2. The first kappa shape index (κ1) is 29.7. The van der Waals surface area contributed by atoms with Crippen LogP contribution in [0.5, 0.6) is 0 Å². The quantitative estimate of drug-likeness (QED) is 0.345. The summed E-state index contributed by atoms with van der Waals surface area (Å²) < 4.78 is 14.3. The van der Waals surface area contributed by atoms with E-state index in [-0.39, 0.29) is 41.3 Å². The van der Waals surface area contributed by atoms with Crippen LogP contribution in [-0.4, -0.2) is 74.7 Å². The van der Waals surface area contributed by atoms with Gasteiger partial charge in [0, 0.05) is 28.3 Å². The highest BCUT2D eigenvalue weighted by atomic mass is 32.2. The van der Waals surface area contributed by atoms with Gasteiger partial charge in [-0.05, 0) is 31.5 Å². The molecule has 0 radical (unpaired) electrons. The van der Waals surface area contributed by atoms with Gasteiger partial charge in [0.05, 0.1) is 52.0 Å². The molecule has 4 unspecified atom stereocenters. The van der Waals surface area contributed by atoms with E-state index in [0.717, 1.165) is 0 Å². The molecule has 2 fully saturated rings. The average molecular weight is 615 g/mol. The lowest BCUT2D eigenvalue weighted by Gasteiger charge is -2.46. The van der Waals surface area contributed by atoms with Crippen molar-refractivity contribution >= 4 is 75.7 Å². The fourth-order valence-corrected chi connectivity index (χ4v) is 7.23. The molecule has 0 bridgehead atoms. The van der Waals surface area contributed by atoms with Crippen molar-refractivity contribution in [2.75, 3.05) is 11.9 Å². The Kier molecular flexibility index (Phi) is 9.19. The molecule has 2 saturated heterocycles. The largest absolute Gasteiger partial charge is 0.448 e. The molecule has 9 atom stereocenters. The van der Waals surface area contributed by atoms with Gasteiger partial charge in [0.2, 0.25) is 11.8 Å². The van der Waals surface area contributed by atoms with Gasteiger partial charge < -0.3 is 28.9 Å². The van der Waals surface area contributed by atoms with Gasteiger partial charge in [-0.1, -0.05) is 13.0 Å². The normalized spacial score (nSPS) is 26.5. The van der Waals surface area contributed by atoms with E-state index in [1.165, 1.54) is 40.6 Å². The van der Waals surface area contributed by atoms with Crippen LogP contribution in [0.1, 0.15) is 30.6 Å². The number of likely N-dealkylation sites (tertiary alicyclic amines) is 1. The van der Waals surface area contributed by atoms with Crippen molar-refractivity contribution in [3.63, 3.8) is 0 Å². The van der Waals surface area contributed by atoms with Crippen molar-refractivity contribution < 1.29 is 42.7 Å². The van der Waals surface area contributed by atoms with Crippen LogP contribution >= 0.6 is 40.2 Å². The third-order valence-electron chi connectivity index (χ3n) is 7.08. The molecule has 0 saturated carbocycles. The van der Waals surface area contributed by atoms with Crippen molar-refractivity contribution in [3.05, 3.63) is 40.4 Å². The van der Waals surface area contributed by atoms with Gasteiger partial charge in [-0.25, -0.2) is 14.4 Å². The van der Waals surface area contributed by atoms with Crippen LogP contribution in [0.2, 0.25) is 0 Å². The third-order valence-corrected chi connectivity index (χ3v) is 9.20. The van der Waals surface area contributed by atoms with Gasteiger partial charge in [0.25, 0.3) is 0 Å². The summed E-state index contributed by atoms with van der Waals surface area (Å²) in [5.74, 6) is -3.06. The number of carbonyl (C=O) groups is 5. The number of aliphatic hydroxyl groups excluding tert-OH is 1. The van der Waals surface area contributed by atoms with Crippen molar-refractivity contribution in [1.82, 2.24) is 9.80 Å². The lowest BCUT2D eigenvalue weighted by Crippen LogP contribution is -2.63. The number of anilines is 1. The van der Waals surface area contributed by atoms with Crippen molar-refractivity contribution in [2.24, 2.45) is 11.8 Å². The molecular formula is C23H28N3O9P3S. The molecule has 16 heteroatoms. The van der Waals surface area contributed by atoms with Crippen LogP contribution in [0.15, 0.2) is 34.9 Å². The van der Waals surface area contributed by atoms with E-state index < -0.39 is 48.0 Å². The lowest BCUT2D eigenvalue weighted by atomic mass is 9.79. The zero-order valence-corrected chi connectivity index (χ0v) is 25.2. The fraction of sp³-hybridized carbons (Fsp3) is 0.435. The lowest BCUT2D eigenvalue weighted by molar-refractivity contribution is -0.162. The molecule has 39 heavy (non-hydrogen) atoms. The Balaban J connectivity index is 1.56. The van der Waals surface area contributed by atoms with Crippen molar-refractivity contribution in [3.8, 4) is 0 Å². The van der Waals surface area contributed by atoms with Crippen molar-refractivity contribution in [1.29, 1.82) is 0 Å². The number of benzene rings is 1. The maximum atomic E-state index is 13.3. The number of aliphatic hydroxyl groups is 1. The number of thioether (sulfide) groups is 1. The Morgan fingerprint density at radius 2 is 1.82 bits per heavy atom. The number of nitrogens with one attached hydrogen (secondary N) is 1. The smallest absolute Gasteiger partial charge is 0.412 e. The third kappa shape index (κ3) is 5.52. The number of rotatable bonds is 7. The van der Waals surface area contributed by atoms with E-state index in [1.807, 2.05) is 35.3 Å². The highest BCUT2D eigenvalue weighted by molar-refractivity contribution is 8.03. The minimum absolute atomic E-state index is 0.111. The molecule has 3 amide bonds. The molecule has 3 heterocycles. The number of nitrogens with zero attached hydrogens (tertiary/aromatic N) is 2. The summed E-state index contributed by atoms with van der Waals surface area (Å²) in [4.78, 5) is 66.4. The molecule has 4 rings (SSSR count). The van der Waals surface area contributed by atoms with E-state index in [9.17, 15) is 29.1 Å². The minimum atomic E-state index is -0.911. The molecule has 1 aromatic carbocycles.